The number of aliphatic hydroxyl groups is 1. The van der Waals surface area contributed by atoms with Crippen LogP contribution in [0.5, 0.6) is 0 Å². The van der Waals surface area contributed by atoms with Gasteiger partial charge in [0.1, 0.15) is 10.8 Å². The van der Waals surface area contributed by atoms with Crippen molar-refractivity contribution in [3.05, 3.63) is 53.2 Å². The fourth-order valence-corrected chi connectivity index (χ4v) is 3.94. The monoisotopic (exact) mass is 367 g/mol. The molecule has 0 spiro atoms. The number of aromatic nitrogens is 3. The van der Waals surface area contributed by atoms with Gasteiger partial charge in [-0.15, -0.1) is 11.3 Å². The van der Waals surface area contributed by atoms with Gasteiger partial charge in [0, 0.05) is 30.0 Å². The van der Waals surface area contributed by atoms with Crippen LogP contribution < -0.4 is 10.6 Å². The van der Waals surface area contributed by atoms with Crippen LogP contribution in [0.3, 0.4) is 0 Å². The average molecular weight is 367 g/mol. The maximum atomic E-state index is 9.53. The molecule has 1 saturated carbocycles. The molecule has 1 aliphatic carbocycles. The number of benzene rings is 1. The SMILES string of the molecule is CN(Cc1csc(-c2ccccc2)n1)c1cc(C2CC(O)C2)nc(N)n1. The number of hydrogen-bond donors (Lipinski definition) is 2. The summed E-state index contributed by atoms with van der Waals surface area (Å²) in [4.78, 5) is 15.5. The molecule has 2 aromatic heterocycles. The molecule has 0 amide bonds. The van der Waals surface area contributed by atoms with E-state index in [0.717, 1.165) is 40.6 Å². The van der Waals surface area contributed by atoms with Crippen LogP contribution in [-0.4, -0.2) is 33.2 Å². The largest absolute Gasteiger partial charge is 0.393 e. The number of nitrogens with two attached hydrogens (primary N) is 1. The highest BCUT2D eigenvalue weighted by molar-refractivity contribution is 7.13. The number of nitrogen functional groups attached to an aromatic ring is 1. The molecular weight excluding hydrogens is 346 g/mol. The quantitative estimate of drug-likeness (QED) is 0.720. The summed E-state index contributed by atoms with van der Waals surface area (Å²) in [6, 6.07) is 12.1. The minimum atomic E-state index is -0.219. The Morgan fingerprint density at radius 2 is 1.96 bits per heavy atom. The van der Waals surface area contributed by atoms with E-state index in [0.29, 0.717) is 6.54 Å². The Morgan fingerprint density at radius 3 is 2.69 bits per heavy atom. The molecule has 134 valence electrons. The molecule has 0 radical (unpaired) electrons. The van der Waals surface area contributed by atoms with Crippen LogP contribution in [-0.2, 0) is 6.54 Å². The molecule has 1 aliphatic rings. The summed E-state index contributed by atoms with van der Waals surface area (Å²) in [5.41, 5.74) is 8.93. The molecule has 3 aromatic rings. The topological polar surface area (TPSA) is 88.2 Å². The lowest BCUT2D eigenvalue weighted by molar-refractivity contribution is 0.0732. The Bertz CT molecular complexity index is 892. The predicted molar refractivity (Wildman–Crippen MR) is 104 cm³/mol. The molecule has 3 N–H and O–H groups in total. The molecule has 0 unspecified atom stereocenters. The highest BCUT2D eigenvalue weighted by atomic mass is 32.1. The van der Waals surface area contributed by atoms with Gasteiger partial charge in [-0.25, -0.2) is 9.97 Å². The molecule has 0 aliphatic heterocycles. The summed E-state index contributed by atoms with van der Waals surface area (Å²) < 4.78 is 0. The Hall–Kier alpha value is -2.51. The van der Waals surface area contributed by atoms with Crippen molar-refractivity contribution < 1.29 is 5.11 Å². The first-order valence-electron chi connectivity index (χ1n) is 8.62. The number of rotatable bonds is 5. The second-order valence-electron chi connectivity index (χ2n) is 6.70. The third-order valence-corrected chi connectivity index (χ3v) is 5.58. The number of nitrogens with zero attached hydrogens (tertiary/aromatic N) is 4. The molecule has 1 fully saturated rings. The third kappa shape index (κ3) is 3.54. The maximum absolute atomic E-state index is 9.53. The van der Waals surface area contributed by atoms with Crippen molar-refractivity contribution in [3.8, 4) is 10.6 Å². The second kappa shape index (κ2) is 7.01. The van der Waals surface area contributed by atoms with Gasteiger partial charge in [-0.05, 0) is 12.8 Å². The summed E-state index contributed by atoms with van der Waals surface area (Å²) in [5.74, 6) is 1.32. The lowest BCUT2D eigenvalue weighted by Crippen LogP contribution is -2.28. The van der Waals surface area contributed by atoms with Crippen LogP contribution in [0.1, 0.15) is 30.1 Å². The van der Waals surface area contributed by atoms with Gasteiger partial charge in [0.25, 0.3) is 0 Å². The van der Waals surface area contributed by atoms with Crippen molar-refractivity contribution >= 4 is 23.1 Å². The van der Waals surface area contributed by atoms with Crippen molar-refractivity contribution in [2.24, 2.45) is 0 Å². The van der Waals surface area contributed by atoms with Gasteiger partial charge in [0.2, 0.25) is 5.95 Å². The molecular formula is C19H21N5OS. The third-order valence-electron chi connectivity index (χ3n) is 4.64. The Labute approximate surface area is 156 Å². The van der Waals surface area contributed by atoms with Gasteiger partial charge in [-0.3, -0.25) is 0 Å². The predicted octanol–water partition coefficient (Wildman–Crippen LogP) is 3.06. The average Bonchev–Trinajstić information content (AvgIpc) is 3.07. The zero-order valence-corrected chi connectivity index (χ0v) is 15.4. The second-order valence-corrected chi connectivity index (χ2v) is 7.56. The van der Waals surface area contributed by atoms with Crippen molar-refractivity contribution in [3.63, 3.8) is 0 Å². The normalized spacial score (nSPS) is 19.2. The first-order chi connectivity index (χ1) is 12.6. The van der Waals surface area contributed by atoms with Crippen LogP contribution in [0.15, 0.2) is 41.8 Å². The van der Waals surface area contributed by atoms with E-state index in [9.17, 15) is 5.11 Å². The molecule has 7 heteroatoms. The molecule has 6 nitrogen and oxygen atoms in total. The highest BCUT2D eigenvalue weighted by Gasteiger charge is 2.30. The zero-order chi connectivity index (χ0) is 18.1. The zero-order valence-electron chi connectivity index (χ0n) is 14.5. The molecule has 26 heavy (non-hydrogen) atoms. The summed E-state index contributed by atoms with van der Waals surface area (Å²) in [7, 11) is 1.97. The maximum Gasteiger partial charge on any atom is 0.222 e. The Balaban J connectivity index is 1.50. The molecule has 1 aromatic carbocycles. The number of aliphatic hydroxyl groups excluding tert-OH is 1. The summed E-state index contributed by atoms with van der Waals surface area (Å²) >= 11 is 1.64. The van der Waals surface area contributed by atoms with Gasteiger partial charge in [-0.2, -0.15) is 4.98 Å². The van der Waals surface area contributed by atoms with Gasteiger partial charge >= 0.3 is 0 Å². The Morgan fingerprint density at radius 1 is 1.19 bits per heavy atom. The van der Waals surface area contributed by atoms with E-state index in [1.807, 2.05) is 36.2 Å². The van der Waals surface area contributed by atoms with Crippen molar-refractivity contribution in [2.45, 2.75) is 31.4 Å². The van der Waals surface area contributed by atoms with Crippen LogP contribution in [0.4, 0.5) is 11.8 Å². The smallest absolute Gasteiger partial charge is 0.222 e. The van der Waals surface area contributed by atoms with E-state index < -0.39 is 0 Å². The minimum Gasteiger partial charge on any atom is -0.393 e. The van der Waals surface area contributed by atoms with Gasteiger partial charge in [-0.1, -0.05) is 30.3 Å². The molecule has 0 atom stereocenters. The van der Waals surface area contributed by atoms with Crippen LogP contribution in [0.25, 0.3) is 10.6 Å². The van der Waals surface area contributed by atoms with E-state index in [2.05, 4.69) is 27.5 Å². The molecule has 0 bridgehead atoms. The van der Waals surface area contributed by atoms with E-state index in [4.69, 9.17) is 10.7 Å². The van der Waals surface area contributed by atoms with Crippen molar-refractivity contribution in [1.29, 1.82) is 0 Å². The fraction of sp³-hybridized carbons (Fsp3) is 0.316. The number of hydrogen-bond acceptors (Lipinski definition) is 7. The summed E-state index contributed by atoms with van der Waals surface area (Å²) in [6.45, 7) is 0.645. The van der Waals surface area contributed by atoms with Gasteiger partial charge in [0.15, 0.2) is 0 Å². The molecule has 2 heterocycles. The summed E-state index contributed by atoms with van der Waals surface area (Å²) in [6.07, 6.45) is 1.27. The standard InChI is InChI=1S/C19H21N5OS/c1-24(10-14-11-26-18(21-14)12-5-3-2-4-6-12)17-9-16(22-19(20)23-17)13-7-15(25)8-13/h2-6,9,11,13,15,25H,7-8,10H2,1H3,(H2,20,22,23). The van der Waals surface area contributed by atoms with E-state index in [-0.39, 0.29) is 18.0 Å². The van der Waals surface area contributed by atoms with Crippen molar-refractivity contribution in [2.75, 3.05) is 17.7 Å². The van der Waals surface area contributed by atoms with Crippen LogP contribution in [0.2, 0.25) is 0 Å². The van der Waals surface area contributed by atoms with E-state index in [1.165, 1.54) is 0 Å². The van der Waals surface area contributed by atoms with Crippen LogP contribution in [0, 0.1) is 0 Å². The summed E-state index contributed by atoms with van der Waals surface area (Å²) in [5, 5.41) is 12.6. The lowest BCUT2D eigenvalue weighted by Gasteiger charge is -2.31. The Kier molecular flexibility index (Phi) is 4.57. The first-order valence-corrected chi connectivity index (χ1v) is 9.50. The van der Waals surface area contributed by atoms with Crippen LogP contribution >= 0.6 is 11.3 Å². The van der Waals surface area contributed by atoms with E-state index in [1.54, 1.807) is 11.3 Å². The van der Waals surface area contributed by atoms with Crippen molar-refractivity contribution in [1.82, 2.24) is 15.0 Å². The fourth-order valence-electron chi connectivity index (χ4n) is 3.12. The first kappa shape index (κ1) is 16.9. The highest BCUT2D eigenvalue weighted by Crippen LogP contribution is 2.37. The molecule has 4 rings (SSSR count). The van der Waals surface area contributed by atoms with E-state index >= 15 is 0 Å². The number of anilines is 2. The minimum absolute atomic E-state index is 0.219. The number of thiazole rings is 1. The van der Waals surface area contributed by atoms with Gasteiger partial charge in [0.05, 0.1) is 24.0 Å². The van der Waals surface area contributed by atoms with Gasteiger partial charge < -0.3 is 15.7 Å². The lowest BCUT2D eigenvalue weighted by atomic mass is 9.80. The molecule has 0 saturated heterocycles.